The average Bonchev–Trinajstić information content (AvgIpc) is 2.73. The van der Waals surface area contributed by atoms with Gasteiger partial charge in [-0.25, -0.2) is 9.59 Å². The number of nitrogens with one attached hydrogen (secondary N) is 2. The number of carboxylic acid groups (broad SMARTS) is 1. The van der Waals surface area contributed by atoms with Crippen LogP contribution in [0.3, 0.4) is 0 Å². The predicted octanol–water partition coefficient (Wildman–Crippen LogP) is 2.39. The number of piperazine rings is 1. The Morgan fingerprint density at radius 1 is 1.00 bits per heavy atom. The van der Waals surface area contributed by atoms with Crippen molar-refractivity contribution in [3.8, 4) is 0 Å². The van der Waals surface area contributed by atoms with Gasteiger partial charge in [-0.3, -0.25) is 4.90 Å². The van der Waals surface area contributed by atoms with Crippen molar-refractivity contribution in [2.75, 3.05) is 37.6 Å². The van der Waals surface area contributed by atoms with Crippen LogP contribution in [0.1, 0.15) is 22.8 Å². The molecule has 2 aromatic rings. The third-order valence-electron chi connectivity index (χ3n) is 5.06. The largest absolute Gasteiger partial charge is 0.478 e. The molecular formula is C22H28N4O3. The van der Waals surface area contributed by atoms with Gasteiger partial charge in [0, 0.05) is 51.0 Å². The summed E-state index contributed by atoms with van der Waals surface area (Å²) in [5.74, 6) is -0.958. The highest BCUT2D eigenvalue weighted by molar-refractivity contribution is 5.87. The van der Waals surface area contributed by atoms with Crippen molar-refractivity contribution < 1.29 is 14.7 Å². The van der Waals surface area contributed by atoms with Crippen LogP contribution in [-0.2, 0) is 6.54 Å². The molecule has 2 aromatic carbocycles. The van der Waals surface area contributed by atoms with Crippen molar-refractivity contribution in [1.82, 2.24) is 15.5 Å². The van der Waals surface area contributed by atoms with Crippen molar-refractivity contribution in [2.45, 2.75) is 19.5 Å². The van der Waals surface area contributed by atoms with E-state index in [9.17, 15) is 9.59 Å². The summed E-state index contributed by atoms with van der Waals surface area (Å²) in [6.07, 6.45) is 0. The number of hydrogen-bond donors (Lipinski definition) is 3. The summed E-state index contributed by atoms with van der Waals surface area (Å²) >= 11 is 0. The van der Waals surface area contributed by atoms with Gasteiger partial charge in [0.05, 0.1) is 5.56 Å². The second kappa shape index (κ2) is 9.93. The van der Waals surface area contributed by atoms with Crippen molar-refractivity contribution in [1.29, 1.82) is 0 Å². The minimum absolute atomic E-state index is 0.0349. The second-order valence-electron chi connectivity index (χ2n) is 7.35. The van der Waals surface area contributed by atoms with Gasteiger partial charge in [-0.15, -0.1) is 0 Å². The van der Waals surface area contributed by atoms with E-state index in [1.165, 1.54) is 17.8 Å². The molecule has 2 amide bonds. The van der Waals surface area contributed by atoms with E-state index in [1.54, 1.807) is 12.1 Å². The lowest BCUT2D eigenvalue weighted by Gasteiger charge is -2.37. The highest BCUT2D eigenvalue weighted by atomic mass is 16.4. The molecule has 1 aliphatic heterocycles. The topological polar surface area (TPSA) is 84.9 Å². The summed E-state index contributed by atoms with van der Waals surface area (Å²) in [5.41, 5.74) is 2.35. The molecule has 1 saturated heterocycles. The Hall–Kier alpha value is -3.06. The van der Waals surface area contributed by atoms with Gasteiger partial charge in [0.1, 0.15) is 0 Å². The van der Waals surface area contributed by atoms with Crippen LogP contribution < -0.4 is 15.5 Å². The summed E-state index contributed by atoms with van der Waals surface area (Å²) in [6, 6.07) is 16.7. The van der Waals surface area contributed by atoms with Gasteiger partial charge >= 0.3 is 12.0 Å². The van der Waals surface area contributed by atoms with E-state index < -0.39 is 5.97 Å². The number of amides is 2. The molecule has 0 aromatic heterocycles. The maximum Gasteiger partial charge on any atom is 0.335 e. The Labute approximate surface area is 171 Å². The fourth-order valence-corrected chi connectivity index (χ4v) is 3.48. The Kier molecular flexibility index (Phi) is 7.08. The Morgan fingerprint density at radius 2 is 1.66 bits per heavy atom. The number of carbonyl (C=O) groups excluding carboxylic acids is 1. The van der Waals surface area contributed by atoms with E-state index in [4.69, 9.17) is 5.11 Å². The number of aromatic carboxylic acids is 1. The SMILES string of the molecule is CC(CN1CCN(c2ccccc2)CC1)NC(=O)NCc1ccc(C(=O)O)cc1. The van der Waals surface area contributed by atoms with E-state index in [1.807, 2.05) is 13.0 Å². The van der Waals surface area contributed by atoms with Gasteiger partial charge in [-0.05, 0) is 36.8 Å². The average molecular weight is 396 g/mol. The number of rotatable bonds is 7. The first-order valence-corrected chi connectivity index (χ1v) is 9.90. The molecule has 1 unspecified atom stereocenters. The predicted molar refractivity (Wildman–Crippen MR) is 113 cm³/mol. The number of hydrogen-bond acceptors (Lipinski definition) is 4. The quantitative estimate of drug-likeness (QED) is 0.669. The van der Waals surface area contributed by atoms with Crippen LogP contribution in [0.2, 0.25) is 0 Å². The van der Waals surface area contributed by atoms with Crippen LogP contribution in [0.15, 0.2) is 54.6 Å². The van der Waals surface area contributed by atoms with Crippen LogP contribution in [0, 0.1) is 0 Å². The molecule has 0 radical (unpaired) electrons. The molecule has 1 atom stereocenters. The number of carbonyl (C=O) groups is 2. The lowest BCUT2D eigenvalue weighted by molar-refractivity contribution is 0.0697. The Bertz CT molecular complexity index is 803. The summed E-state index contributed by atoms with van der Waals surface area (Å²) in [4.78, 5) is 27.8. The molecule has 0 bridgehead atoms. The molecule has 1 heterocycles. The maximum absolute atomic E-state index is 12.1. The molecule has 3 rings (SSSR count). The lowest BCUT2D eigenvalue weighted by Crippen LogP contribution is -2.52. The summed E-state index contributed by atoms with van der Waals surface area (Å²) in [5, 5.41) is 14.7. The second-order valence-corrected chi connectivity index (χ2v) is 7.35. The molecule has 1 fully saturated rings. The van der Waals surface area contributed by atoms with E-state index in [2.05, 4.69) is 44.7 Å². The zero-order chi connectivity index (χ0) is 20.6. The zero-order valence-corrected chi connectivity index (χ0v) is 16.7. The van der Waals surface area contributed by atoms with E-state index >= 15 is 0 Å². The smallest absolute Gasteiger partial charge is 0.335 e. The van der Waals surface area contributed by atoms with Crippen LogP contribution in [0.25, 0.3) is 0 Å². The number of para-hydroxylation sites is 1. The molecule has 3 N–H and O–H groups in total. The molecule has 154 valence electrons. The van der Waals surface area contributed by atoms with E-state index in [0.29, 0.717) is 6.54 Å². The van der Waals surface area contributed by atoms with Crippen LogP contribution >= 0.6 is 0 Å². The lowest BCUT2D eigenvalue weighted by atomic mass is 10.1. The summed E-state index contributed by atoms with van der Waals surface area (Å²) in [6.45, 7) is 7.07. The number of benzene rings is 2. The molecular weight excluding hydrogens is 368 g/mol. The van der Waals surface area contributed by atoms with Gasteiger partial charge in [0.25, 0.3) is 0 Å². The molecule has 1 aliphatic rings. The number of carboxylic acids is 1. The van der Waals surface area contributed by atoms with Gasteiger partial charge < -0.3 is 20.6 Å². The molecule has 7 heteroatoms. The first-order valence-electron chi connectivity index (χ1n) is 9.90. The zero-order valence-electron chi connectivity index (χ0n) is 16.7. The first-order chi connectivity index (χ1) is 14.0. The van der Waals surface area contributed by atoms with Gasteiger partial charge in [-0.2, -0.15) is 0 Å². The van der Waals surface area contributed by atoms with Gasteiger partial charge in [0.2, 0.25) is 0 Å². The van der Waals surface area contributed by atoms with Crippen molar-refractivity contribution in [3.63, 3.8) is 0 Å². The molecule has 0 saturated carbocycles. The Balaban J connectivity index is 1.36. The van der Waals surface area contributed by atoms with Crippen molar-refractivity contribution >= 4 is 17.7 Å². The monoisotopic (exact) mass is 396 g/mol. The third kappa shape index (κ3) is 6.22. The van der Waals surface area contributed by atoms with Crippen LogP contribution in [0.4, 0.5) is 10.5 Å². The number of urea groups is 1. The fraction of sp³-hybridized carbons (Fsp3) is 0.364. The maximum atomic E-state index is 12.1. The van der Waals surface area contributed by atoms with E-state index in [0.717, 1.165) is 38.3 Å². The highest BCUT2D eigenvalue weighted by Crippen LogP contribution is 2.15. The van der Waals surface area contributed by atoms with Crippen molar-refractivity contribution in [2.24, 2.45) is 0 Å². The molecule has 0 aliphatic carbocycles. The van der Waals surface area contributed by atoms with E-state index in [-0.39, 0.29) is 17.6 Å². The molecule has 7 nitrogen and oxygen atoms in total. The Morgan fingerprint density at radius 3 is 2.28 bits per heavy atom. The van der Waals surface area contributed by atoms with Crippen LogP contribution in [0.5, 0.6) is 0 Å². The summed E-state index contributed by atoms with van der Waals surface area (Å²) < 4.78 is 0. The first kappa shape index (κ1) is 20.7. The number of nitrogens with zero attached hydrogens (tertiary/aromatic N) is 2. The van der Waals surface area contributed by atoms with Gasteiger partial charge in [-0.1, -0.05) is 30.3 Å². The van der Waals surface area contributed by atoms with Crippen molar-refractivity contribution in [3.05, 3.63) is 65.7 Å². The standard InChI is InChI=1S/C22H28N4O3/c1-17(16-25-11-13-26(14-12-25)20-5-3-2-4-6-20)24-22(29)23-15-18-7-9-19(10-8-18)21(27)28/h2-10,17H,11-16H2,1H3,(H,27,28)(H2,23,24,29). The third-order valence-corrected chi connectivity index (χ3v) is 5.06. The highest BCUT2D eigenvalue weighted by Gasteiger charge is 2.19. The number of anilines is 1. The molecule has 29 heavy (non-hydrogen) atoms. The normalized spacial score (nSPS) is 15.6. The van der Waals surface area contributed by atoms with Gasteiger partial charge in [0.15, 0.2) is 0 Å². The van der Waals surface area contributed by atoms with Crippen LogP contribution in [-0.4, -0.2) is 60.8 Å². The molecule has 0 spiro atoms. The minimum Gasteiger partial charge on any atom is -0.478 e. The fourth-order valence-electron chi connectivity index (χ4n) is 3.48. The minimum atomic E-state index is -0.958. The summed E-state index contributed by atoms with van der Waals surface area (Å²) in [7, 11) is 0.